The van der Waals surface area contributed by atoms with E-state index >= 15 is 0 Å². The average molecular weight is 154 g/mol. The van der Waals surface area contributed by atoms with Crippen LogP contribution in [-0.2, 0) is 6.54 Å². The Balaban J connectivity index is 2.68. The molecule has 0 saturated carbocycles. The molecule has 6 nitrogen and oxygen atoms in total. The Morgan fingerprint density at radius 2 is 2.55 bits per heavy atom. The zero-order valence-corrected chi connectivity index (χ0v) is 6.52. The van der Waals surface area contributed by atoms with Crippen molar-refractivity contribution in [2.24, 2.45) is 4.99 Å². The lowest BCUT2D eigenvalue weighted by atomic mass is 10.7. The van der Waals surface area contributed by atoms with Crippen molar-refractivity contribution >= 4 is 12.3 Å². The summed E-state index contributed by atoms with van der Waals surface area (Å²) in [5, 5.41) is 13.8. The van der Waals surface area contributed by atoms with Crippen LogP contribution in [0.5, 0.6) is 0 Å². The summed E-state index contributed by atoms with van der Waals surface area (Å²) in [5.41, 5.74) is 0. The van der Waals surface area contributed by atoms with Crippen molar-refractivity contribution in [3.8, 4) is 0 Å². The lowest BCUT2D eigenvalue weighted by molar-refractivity contribution is 0.632. The highest BCUT2D eigenvalue weighted by Crippen LogP contribution is 1.95. The largest absolute Gasteiger partial charge is 0.314 e. The smallest absolute Gasteiger partial charge is 0.248 e. The van der Waals surface area contributed by atoms with Gasteiger partial charge in [0.1, 0.15) is 0 Å². The molecule has 1 aromatic heterocycles. The van der Waals surface area contributed by atoms with Gasteiger partial charge in [-0.05, 0) is 17.4 Å². The number of anilines is 1. The highest BCUT2D eigenvalue weighted by molar-refractivity contribution is 5.71. The van der Waals surface area contributed by atoms with Gasteiger partial charge in [-0.1, -0.05) is 5.10 Å². The molecule has 1 N–H and O–H groups in total. The number of rotatable bonds is 3. The topological polar surface area (TPSA) is 68.0 Å². The van der Waals surface area contributed by atoms with Crippen molar-refractivity contribution in [2.45, 2.75) is 13.5 Å². The van der Waals surface area contributed by atoms with Gasteiger partial charge in [0.15, 0.2) is 0 Å². The second-order valence-electron chi connectivity index (χ2n) is 1.85. The Labute approximate surface area is 64.3 Å². The minimum atomic E-state index is 0.609. The zero-order valence-electron chi connectivity index (χ0n) is 6.52. The van der Waals surface area contributed by atoms with E-state index in [0.717, 1.165) is 6.54 Å². The molecule has 0 unspecified atom stereocenters. The summed E-state index contributed by atoms with van der Waals surface area (Å²) in [6.45, 7) is 2.71. The van der Waals surface area contributed by atoms with Crippen LogP contribution < -0.4 is 5.32 Å². The second kappa shape index (κ2) is 3.65. The molecule has 0 spiro atoms. The summed E-state index contributed by atoms with van der Waals surface area (Å²) < 4.78 is 1.64. The molecule has 60 valence electrons. The standard InChI is InChI=1S/C5H10N6/c1-3-11-5(7-4-6-2)8-9-10-11/h4H,3H2,1-2H3,(H,6,7,8,10). The van der Waals surface area contributed by atoms with E-state index in [0.29, 0.717) is 5.95 Å². The van der Waals surface area contributed by atoms with Crippen LogP contribution in [0, 0.1) is 0 Å². The van der Waals surface area contributed by atoms with Crippen molar-refractivity contribution in [2.75, 3.05) is 12.4 Å². The highest BCUT2D eigenvalue weighted by atomic mass is 15.6. The number of tetrazole rings is 1. The normalized spacial score (nSPS) is 10.7. The van der Waals surface area contributed by atoms with Crippen LogP contribution >= 0.6 is 0 Å². The third kappa shape index (κ3) is 1.73. The maximum atomic E-state index is 3.74. The molecular weight excluding hydrogens is 144 g/mol. The summed E-state index contributed by atoms with van der Waals surface area (Å²) in [6.07, 6.45) is 1.54. The van der Waals surface area contributed by atoms with Crippen molar-refractivity contribution in [3.05, 3.63) is 0 Å². The van der Waals surface area contributed by atoms with E-state index in [1.165, 1.54) is 6.34 Å². The monoisotopic (exact) mass is 154 g/mol. The molecule has 11 heavy (non-hydrogen) atoms. The summed E-state index contributed by atoms with van der Waals surface area (Å²) in [6, 6.07) is 0. The zero-order chi connectivity index (χ0) is 8.10. The maximum Gasteiger partial charge on any atom is 0.248 e. The van der Waals surface area contributed by atoms with Gasteiger partial charge in [-0.2, -0.15) is 0 Å². The van der Waals surface area contributed by atoms with Gasteiger partial charge in [0.05, 0.1) is 6.34 Å². The molecule has 0 fully saturated rings. The molecule has 0 aliphatic rings. The molecule has 1 heterocycles. The Kier molecular flexibility index (Phi) is 2.53. The number of hydrogen-bond acceptors (Lipinski definition) is 4. The Morgan fingerprint density at radius 3 is 3.18 bits per heavy atom. The maximum absolute atomic E-state index is 3.74. The molecular formula is C5H10N6. The van der Waals surface area contributed by atoms with Gasteiger partial charge >= 0.3 is 0 Å². The fraction of sp³-hybridized carbons (Fsp3) is 0.600. The SMILES string of the molecule is CCn1nnnc1NC=NC. The minimum absolute atomic E-state index is 0.609. The van der Waals surface area contributed by atoms with Crippen LogP contribution in [-0.4, -0.2) is 33.6 Å². The molecule has 0 atom stereocenters. The number of aromatic nitrogens is 4. The predicted octanol–water partition coefficient (Wildman–Crippen LogP) is -0.237. The molecule has 1 rings (SSSR count). The van der Waals surface area contributed by atoms with E-state index in [-0.39, 0.29) is 0 Å². The molecule has 0 aliphatic carbocycles. The quantitative estimate of drug-likeness (QED) is 0.482. The minimum Gasteiger partial charge on any atom is -0.314 e. The van der Waals surface area contributed by atoms with Crippen molar-refractivity contribution < 1.29 is 0 Å². The van der Waals surface area contributed by atoms with E-state index in [4.69, 9.17) is 0 Å². The Bertz CT molecular complexity index is 239. The van der Waals surface area contributed by atoms with Crippen molar-refractivity contribution in [3.63, 3.8) is 0 Å². The van der Waals surface area contributed by atoms with E-state index in [1.54, 1.807) is 11.7 Å². The second-order valence-corrected chi connectivity index (χ2v) is 1.85. The van der Waals surface area contributed by atoms with Crippen LogP contribution in [0.4, 0.5) is 5.95 Å². The van der Waals surface area contributed by atoms with Crippen LogP contribution in [0.2, 0.25) is 0 Å². The van der Waals surface area contributed by atoms with E-state index < -0.39 is 0 Å². The summed E-state index contributed by atoms with van der Waals surface area (Å²) in [7, 11) is 1.67. The molecule has 0 aromatic carbocycles. The first kappa shape index (κ1) is 7.64. The first-order valence-corrected chi connectivity index (χ1v) is 3.31. The summed E-state index contributed by atoms with van der Waals surface area (Å²) >= 11 is 0. The third-order valence-electron chi connectivity index (χ3n) is 1.15. The predicted molar refractivity (Wildman–Crippen MR) is 41.5 cm³/mol. The summed E-state index contributed by atoms with van der Waals surface area (Å²) in [5.74, 6) is 0.609. The molecule has 0 saturated heterocycles. The van der Waals surface area contributed by atoms with Crippen LogP contribution in [0.25, 0.3) is 0 Å². The molecule has 0 radical (unpaired) electrons. The van der Waals surface area contributed by atoms with Gasteiger partial charge in [0.25, 0.3) is 0 Å². The van der Waals surface area contributed by atoms with Gasteiger partial charge < -0.3 is 5.32 Å². The van der Waals surface area contributed by atoms with E-state index in [9.17, 15) is 0 Å². The first-order chi connectivity index (χ1) is 5.38. The van der Waals surface area contributed by atoms with Gasteiger partial charge in [-0.3, -0.25) is 4.99 Å². The fourth-order valence-electron chi connectivity index (χ4n) is 0.643. The number of nitrogens with one attached hydrogen (secondary N) is 1. The van der Waals surface area contributed by atoms with Crippen LogP contribution in [0.1, 0.15) is 6.92 Å². The van der Waals surface area contributed by atoms with Gasteiger partial charge in [-0.25, -0.2) is 4.68 Å². The van der Waals surface area contributed by atoms with Gasteiger partial charge in [0, 0.05) is 13.6 Å². The molecule has 1 aromatic rings. The number of aryl methyl sites for hydroxylation is 1. The van der Waals surface area contributed by atoms with Crippen LogP contribution in [0.15, 0.2) is 4.99 Å². The van der Waals surface area contributed by atoms with Crippen molar-refractivity contribution in [1.82, 2.24) is 20.2 Å². The lowest BCUT2D eigenvalue weighted by Crippen LogP contribution is -2.05. The number of hydrogen-bond donors (Lipinski definition) is 1. The van der Waals surface area contributed by atoms with Crippen LogP contribution in [0.3, 0.4) is 0 Å². The highest BCUT2D eigenvalue weighted by Gasteiger charge is 1.99. The average Bonchev–Trinajstić information content (AvgIpc) is 2.47. The molecule has 0 bridgehead atoms. The van der Waals surface area contributed by atoms with Gasteiger partial charge in [0.2, 0.25) is 5.95 Å². The third-order valence-corrected chi connectivity index (χ3v) is 1.15. The van der Waals surface area contributed by atoms with Gasteiger partial charge in [-0.15, -0.1) is 0 Å². The number of nitrogens with zero attached hydrogens (tertiary/aromatic N) is 5. The van der Waals surface area contributed by atoms with Crippen molar-refractivity contribution in [1.29, 1.82) is 0 Å². The van der Waals surface area contributed by atoms with E-state index in [1.807, 2.05) is 6.92 Å². The number of aliphatic imine (C=N–C) groups is 1. The summed E-state index contributed by atoms with van der Waals surface area (Å²) in [4.78, 5) is 3.74. The first-order valence-electron chi connectivity index (χ1n) is 3.31. The molecule has 0 aliphatic heterocycles. The Morgan fingerprint density at radius 1 is 1.73 bits per heavy atom. The molecule has 0 amide bonds. The lowest BCUT2D eigenvalue weighted by Gasteiger charge is -1.97. The Hall–Kier alpha value is -1.46. The fourth-order valence-corrected chi connectivity index (χ4v) is 0.643. The van der Waals surface area contributed by atoms with E-state index in [2.05, 4.69) is 25.8 Å². The molecule has 6 heteroatoms.